The highest BCUT2D eigenvalue weighted by Gasteiger charge is 2.18. The van der Waals surface area contributed by atoms with E-state index in [1.54, 1.807) is 13.0 Å². The molecule has 1 unspecified atom stereocenters. The van der Waals surface area contributed by atoms with Gasteiger partial charge in [-0.3, -0.25) is 0 Å². The van der Waals surface area contributed by atoms with E-state index >= 15 is 0 Å². The number of hydrogen-bond acceptors (Lipinski definition) is 5. The topological polar surface area (TPSA) is 74.2 Å². The van der Waals surface area contributed by atoms with Crippen LogP contribution in [0.4, 0.5) is 0 Å². The number of carbonyl (C=O) groups is 1. The van der Waals surface area contributed by atoms with E-state index in [9.17, 15) is 9.90 Å². The maximum Gasteiger partial charge on any atom is 0.333 e. The number of hydrogen-bond donors (Lipinski definition) is 1. The van der Waals surface area contributed by atoms with Crippen molar-refractivity contribution in [1.29, 1.82) is 0 Å². The van der Waals surface area contributed by atoms with Gasteiger partial charge < -0.3 is 24.1 Å². The summed E-state index contributed by atoms with van der Waals surface area (Å²) in [6.45, 7) is 7.52. The molecule has 0 spiro atoms. The number of allylic oxidation sites excluding steroid dienone is 1. The molecule has 0 amide bonds. The van der Waals surface area contributed by atoms with E-state index in [-0.39, 0.29) is 0 Å². The summed E-state index contributed by atoms with van der Waals surface area (Å²) in [5, 5.41) is 9.24. The van der Waals surface area contributed by atoms with Crippen molar-refractivity contribution in [3.05, 3.63) is 63.2 Å². The third-order valence-electron chi connectivity index (χ3n) is 4.32. The average molecular weight is 564 g/mol. The van der Waals surface area contributed by atoms with Crippen molar-refractivity contribution in [3.63, 3.8) is 0 Å². The van der Waals surface area contributed by atoms with Gasteiger partial charge in [-0.2, -0.15) is 0 Å². The highest BCUT2D eigenvalue weighted by atomic mass is 127. The summed E-state index contributed by atoms with van der Waals surface area (Å²) in [4.78, 5) is 11.3. The third kappa shape index (κ3) is 9.36. The molecule has 0 heterocycles. The Balaban J connectivity index is 1.94. The Morgan fingerprint density at radius 3 is 2.30 bits per heavy atom. The van der Waals surface area contributed by atoms with Crippen LogP contribution < -0.4 is 14.2 Å². The fourth-order valence-electron chi connectivity index (χ4n) is 2.93. The molecule has 0 saturated carbocycles. The molecule has 0 aliphatic heterocycles. The van der Waals surface area contributed by atoms with E-state index in [0.29, 0.717) is 32.8 Å². The molecular weight excluding hydrogens is 535 g/mol. The number of aliphatic carboxylic acids is 1. The molecule has 0 fully saturated rings. The van der Waals surface area contributed by atoms with Crippen LogP contribution in [0.15, 0.2) is 48.6 Å². The maximum atomic E-state index is 11.3. The molecule has 2 aromatic rings. The van der Waals surface area contributed by atoms with Gasteiger partial charge in [-0.25, -0.2) is 4.79 Å². The molecule has 6 nitrogen and oxygen atoms in total. The lowest BCUT2D eigenvalue weighted by Gasteiger charge is -2.13. The summed E-state index contributed by atoms with van der Waals surface area (Å²) in [5.74, 6) is 7.31. The van der Waals surface area contributed by atoms with Gasteiger partial charge in [0.15, 0.2) is 6.10 Å². The monoisotopic (exact) mass is 564 g/mol. The van der Waals surface area contributed by atoms with Gasteiger partial charge >= 0.3 is 5.97 Å². The molecule has 1 atom stereocenters. The Kier molecular flexibility index (Phi) is 11.6. The Morgan fingerprint density at radius 1 is 1.03 bits per heavy atom. The largest absolute Gasteiger partial charge is 0.494 e. The van der Waals surface area contributed by atoms with Gasteiger partial charge in [0, 0.05) is 24.7 Å². The minimum atomic E-state index is -0.961. The zero-order valence-corrected chi connectivity index (χ0v) is 21.3. The minimum absolute atomic E-state index is 0.310. The summed E-state index contributed by atoms with van der Waals surface area (Å²) < 4.78 is 23.1. The molecule has 0 bridgehead atoms. The van der Waals surface area contributed by atoms with E-state index in [1.807, 2.05) is 56.3 Å². The number of carboxylic acids is 1. The Labute approximate surface area is 209 Å². The number of rotatable bonds is 12. The lowest BCUT2D eigenvalue weighted by Crippen LogP contribution is -2.26. The van der Waals surface area contributed by atoms with Crippen LogP contribution in [0.3, 0.4) is 0 Å². The molecule has 33 heavy (non-hydrogen) atoms. The Bertz CT molecular complexity index is 981. The standard InChI is InChI=1S/C26H29IO6/c1-4-30-21-14-19(15-22(18-21)31-5-2)10-8-7-9-13-33-24-12-11-20(16-23(24)27)17-25(26(28)29)32-6-3/h7,9,11-12,14-16,18,25H,4-6,13,17H2,1-3H3,(H,28,29). The zero-order valence-electron chi connectivity index (χ0n) is 19.1. The SMILES string of the molecule is CCOc1cc(C#CC=CCOc2ccc(CC(OCC)C(=O)O)cc2I)cc(OCC)c1. The predicted molar refractivity (Wildman–Crippen MR) is 136 cm³/mol. The van der Waals surface area contributed by atoms with Crippen LogP contribution in [-0.4, -0.2) is 43.6 Å². The van der Waals surface area contributed by atoms with Crippen LogP contribution in [0.2, 0.25) is 0 Å². The van der Waals surface area contributed by atoms with Gasteiger partial charge in [0.05, 0.1) is 16.8 Å². The third-order valence-corrected chi connectivity index (χ3v) is 5.16. The van der Waals surface area contributed by atoms with Crippen LogP contribution in [0, 0.1) is 15.4 Å². The summed E-state index contributed by atoms with van der Waals surface area (Å²) in [6, 6.07) is 11.2. The molecular formula is C26H29IO6. The number of ether oxygens (including phenoxy) is 4. The van der Waals surface area contributed by atoms with E-state index in [1.165, 1.54) is 0 Å². The fraction of sp³-hybridized carbons (Fsp3) is 0.346. The number of carboxylic acid groups (broad SMARTS) is 1. The van der Waals surface area contributed by atoms with Gasteiger partial charge in [-0.05, 0) is 85.3 Å². The predicted octanol–water partition coefficient (Wildman–Crippen LogP) is 5.11. The molecule has 7 heteroatoms. The first-order valence-electron chi connectivity index (χ1n) is 10.8. The molecule has 0 aromatic heterocycles. The second-order valence-corrected chi connectivity index (χ2v) is 7.96. The van der Waals surface area contributed by atoms with Gasteiger partial charge in [-0.1, -0.05) is 17.9 Å². The van der Waals surface area contributed by atoms with Crippen molar-refractivity contribution in [2.45, 2.75) is 33.3 Å². The average Bonchev–Trinajstić information content (AvgIpc) is 2.77. The Hall–Kier alpha value is -2.70. The maximum absolute atomic E-state index is 11.3. The first-order valence-corrected chi connectivity index (χ1v) is 11.9. The van der Waals surface area contributed by atoms with E-state index < -0.39 is 12.1 Å². The van der Waals surface area contributed by atoms with E-state index in [2.05, 4.69) is 34.4 Å². The van der Waals surface area contributed by atoms with Gasteiger partial charge in [0.2, 0.25) is 0 Å². The van der Waals surface area contributed by atoms with Crippen LogP contribution in [-0.2, 0) is 16.0 Å². The molecule has 2 rings (SSSR count). The van der Waals surface area contributed by atoms with Crippen molar-refractivity contribution >= 4 is 28.6 Å². The van der Waals surface area contributed by atoms with E-state index in [0.717, 1.165) is 31.9 Å². The summed E-state index contributed by atoms with van der Waals surface area (Å²) in [7, 11) is 0. The minimum Gasteiger partial charge on any atom is -0.494 e. The number of halogens is 1. The van der Waals surface area contributed by atoms with Crippen molar-refractivity contribution in [3.8, 4) is 29.1 Å². The van der Waals surface area contributed by atoms with Gasteiger partial charge in [0.25, 0.3) is 0 Å². The second kappa shape index (κ2) is 14.4. The molecule has 0 radical (unpaired) electrons. The van der Waals surface area contributed by atoms with Gasteiger partial charge in [0.1, 0.15) is 23.9 Å². The highest BCUT2D eigenvalue weighted by Crippen LogP contribution is 2.24. The van der Waals surface area contributed by atoms with Crippen molar-refractivity contribution in [2.24, 2.45) is 0 Å². The van der Waals surface area contributed by atoms with Crippen molar-refractivity contribution < 1.29 is 28.8 Å². The lowest BCUT2D eigenvalue weighted by molar-refractivity contribution is -0.149. The summed E-state index contributed by atoms with van der Waals surface area (Å²) in [6.07, 6.45) is 3.04. The smallest absolute Gasteiger partial charge is 0.333 e. The first-order chi connectivity index (χ1) is 16.0. The molecule has 1 N–H and O–H groups in total. The lowest BCUT2D eigenvalue weighted by atomic mass is 10.1. The normalized spacial score (nSPS) is 11.5. The Morgan fingerprint density at radius 2 is 1.73 bits per heavy atom. The van der Waals surface area contributed by atoms with Crippen LogP contribution in [0.5, 0.6) is 17.2 Å². The summed E-state index contributed by atoms with van der Waals surface area (Å²) in [5.41, 5.74) is 1.70. The van der Waals surface area contributed by atoms with Crippen LogP contribution in [0.1, 0.15) is 31.9 Å². The zero-order chi connectivity index (χ0) is 24.1. The summed E-state index contributed by atoms with van der Waals surface area (Å²) >= 11 is 2.18. The molecule has 2 aromatic carbocycles. The molecule has 0 saturated heterocycles. The van der Waals surface area contributed by atoms with Crippen molar-refractivity contribution in [2.75, 3.05) is 26.4 Å². The van der Waals surface area contributed by atoms with Gasteiger partial charge in [-0.15, -0.1) is 0 Å². The molecule has 176 valence electrons. The quantitative estimate of drug-likeness (QED) is 0.286. The van der Waals surface area contributed by atoms with Crippen LogP contribution >= 0.6 is 22.6 Å². The van der Waals surface area contributed by atoms with E-state index in [4.69, 9.17) is 18.9 Å². The highest BCUT2D eigenvalue weighted by molar-refractivity contribution is 14.1. The molecule has 0 aliphatic carbocycles. The molecule has 0 aliphatic rings. The first kappa shape index (κ1) is 26.6. The van der Waals surface area contributed by atoms with Crippen molar-refractivity contribution in [1.82, 2.24) is 0 Å². The fourth-order valence-corrected chi connectivity index (χ4v) is 3.67. The number of benzene rings is 2. The second-order valence-electron chi connectivity index (χ2n) is 6.79. The van der Waals surface area contributed by atoms with Crippen LogP contribution in [0.25, 0.3) is 0 Å².